The Morgan fingerprint density at radius 2 is 1.21 bits per heavy atom. The maximum atomic E-state index is 12.6. The quantitative estimate of drug-likeness (QED) is 0.0365. The first-order chi connectivity index (χ1) is 23.4. The van der Waals surface area contributed by atoms with Gasteiger partial charge in [0.25, 0.3) is 0 Å². The highest BCUT2D eigenvalue weighted by Gasteiger charge is 2.05. The molecule has 0 aromatic heterocycles. The van der Waals surface area contributed by atoms with E-state index in [4.69, 9.17) is 18.9 Å². The predicted molar refractivity (Wildman–Crippen MR) is 192 cm³/mol. The summed E-state index contributed by atoms with van der Waals surface area (Å²) in [6, 6.07) is 21.1. The minimum atomic E-state index is -0.397. The van der Waals surface area contributed by atoms with E-state index >= 15 is 0 Å². The number of aliphatic imine (C=N–C) groups is 1. The zero-order valence-electron chi connectivity index (χ0n) is 27.4. The van der Waals surface area contributed by atoms with Gasteiger partial charge in [0.15, 0.2) is 0 Å². The van der Waals surface area contributed by atoms with Crippen LogP contribution in [0.1, 0.15) is 55.2 Å². The summed E-state index contributed by atoms with van der Waals surface area (Å²) in [5, 5.41) is -0.0684. The highest BCUT2D eigenvalue weighted by atomic mass is 32.2. The van der Waals surface area contributed by atoms with Crippen molar-refractivity contribution < 1.29 is 33.3 Å². The number of ether oxygens (including phenoxy) is 4. The molecular weight excluding hydrogens is 626 g/mol. The molecule has 0 saturated carbocycles. The number of hydrogen-bond acceptors (Lipinski definition) is 9. The number of esters is 2. The van der Waals surface area contributed by atoms with E-state index in [1.165, 1.54) is 17.8 Å². The molecular formula is C39H43NO7S. The second kappa shape index (κ2) is 21.8. The molecule has 0 aliphatic heterocycles. The van der Waals surface area contributed by atoms with Gasteiger partial charge >= 0.3 is 11.9 Å². The number of unbranched alkanes of at least 4 members (excludes halogenated alkanes) is 4. The number of benzene rings is 3. The van der Waals surface area contributed by atoms with Crippen molar-refractivity contribution in [1.29, 1.82) is 0 Å². The molecule has 0 heterocycles. The van der Waals surface area contributed by atoms with Crippen LogP contribution in [0.3, 0.4) is 0 Å². The molecule has 0 aliphatic rings. The number of thioether (sulfide) groups is 1. The summed E-state index contributed by atoms with van der Waals surface area (Å²) in [5.41, 5.74) is 3.66. The SMILES string of the molecule is C=CC(=O)OCCCCCOc1ccc(/C=C/C(=O)Sc2ccc(/N=C/c3ccc(OCCCCCOC(=O)C=C)cc3)c(C)c2)cc1. The smallest absolute Gasteiger partial charge is 0.330 e. The Kier molecular flexibility index (Phi) is 17.1. The lowest BCUT2D eigenvalue weighted by molar-refractivity contribution is -0.138. The Labute approximate surface area is 287 Å². The van der Waals surface area contributed by atoms with Crippen LogP contribution in [-0.4, -0.2) is 49.7 Å². The number of nitrogens with zero attached hydrogens (tertiary/aromatic N) is 1. The molecule has 252 valence electrons. The highest BCUT2D eigenvalue weighted by Crippen LogP contribution is 2.27. The van der Waals surface area contributed by atoms with Gasteiger partial charge in [-0.1, -0.05) is 31.4 Å². The van der Waals surface area contributed by atoms with Gasteiger partial charge in [-0.2, -0.15) is 0 Å². The lowest BCUT2D eigenvalue weighted by Gasteiger charge is -2.07. The Balaban J connectivity index is 1.36. The van der Waals surface area contributed by atoms with Crippen molar-refractivity contribution in [3.63, 3.8) is 0 Å². The summed E-state index contributed by atoms with van der Waals surface area (Å²) < 4.78 is 21.5. The van der Waals surface area contributed by atoms with Gasteiger partial charge in [0.1, 0.15) is 11.5 Å². The average molecular weight is 670 g/mol. The lowest BCUT2D eigenvalue weighted by atomic mass is 10.2. The molecule has 9 heteroatoms. The number of carbonyl (C=O) groups excluding carboxylic acids is 3. The zero-order chi connectivity index (χ0) is 34.4. The number of aryl methyl sites for hydroxylation is 1. The first-order valence-corrected chi connectivity index (χ1v) is 16.8. The Hall–Kier alpha value is -4.89. The van der Waals surface area contributed by atoms with Gasteiger partial charge in [0, 0.05) is 23.3 Å². The molecule has 0 amide bonds. The fourth-order valence-electron chi connectivity index (χ4n) is 4.23. The molecule has 0 N–H and O–H groups in total. The van der Waals surface area contributed by atoms with Crippen molar-refractivity contribution in [1.82, 2.24) is 0 Å². The fraction of sp³-hybridized carbons (Fsp3) is 0.282. The maximum Gasteiger partial charge on any atom is 0.330 e. The van der Waals surface area contributed by atoms with Crippen molar-refractivity contribution in [3.8, 4) is 11.5 Å². The fourth-order valence-corrected chi connectivity index (χ4v) is 4.97. The summed E-state index contributed by atoms with van der Waals surface area (Å²) in [4.78, 5) is 40.1. The molecule has 3 rings (SSSR count). The second-order valence-electron chi connectivity index (χ2n) is 10.7. The molecule has 3 aromatic carbocycles. The van der Waals surface area contributed by atoms with Crippen LogP contribution in [0.4, 0.5) is 5.69 Å². The van der Waals surface area contributed by atoms with Crippen molar-refractivity contribution >= 4 is 46.8 Å². The van der Waals surface area contributed by atoms with Crippen LogP contribution in [0, 0.1) is 6.92 Å². The Bertz CT molecular complexity index is 1550. The van der Waals surface area contributed by atoms with Crippen LogP contribution < -0.4 is 9.47 Å². The topological polar surface area (TPSA) is 100 Å². The van der Waals surface area contributed by atoms with E-state index in [2.05, 4.69) is 18.2 Å². The van der Waals surface area contributed by atoms with Gasteiger partial charge in [-0.05, 0) is 135 Å². The van der Waals surface area contributed by atoms with Crippen LogP contribution in [0.25, 0.3) is 6.08 Å². The van der Waals surface area contributed by atoms with Gasteiger partial charge < -0.3 is 18.9 Å². The Morgan fingerprint density at radius 3 is 1.73 bits per heavy atom. The lowest BCUT2D eigenvalue weighted by Crippen LogP contribution is -2.03. The van der Waals surface area contributed by atoms with E-state index in [1.54, 1.807) is 18.4 Å². The van der Waals surface area contributed by atoms with Crippen LogP contribution in [0.2, 0.25) is 0 Å². The maximum absolute atomic E-state index is 12.6. The van der Waals surface area contributed by atoms with Gasteiger partial charge in [-0.3, -0.25) is 9.79 Å². The molecule has 0 atom stereocenters. The van der Waals surface area contributed by atoms with Crippen molar-refractivity contribution in [2.24, 2.45) is 4.99 Å². The third kappa shape index (κ3) is 15.1. The van der Waals surface area contributed by atoms with Gasteiger partial charge in [-0.15, -0.1) is 0 Å². The molecule has 0 aliphatic carbocycles. The second-order valence-corrected chi connectivity index (χ2v) is 11.7. The minimum absolute atomic E-state index is 0.0684. The third-order valence-electron chi connectivity index (χ3n) is 6.85. The van der Waals surface area contributed by atoms with Crippen molar-refractivity contribution in [2.75, 3.05) is 26.4 Å². The standard InChI is InChI=1S/C39H43NO7S/c1-4-37(41)46-26-10-6-8-24-44-33-17-12-31(13-18-33)16-23-39(43)48-35-21-22-36(30(3)28-35)40-29-32-14-19-34(20-15-32)45-25-9-7-11-27-47-38(42)5-2/h4-5,12-23,28-29H,1-2,6-11,24-27H2,3H3/b23-16+,40-29+. The summed E-state index contributed by atoms with van der Waals surface area (Å²) in [6.45, 7) is 10.7. The van der Waals surface area contributed by atoms with Crippen LogP contribution in [0.15, 0.2) is 108 Å². The number of carbonyl (C=O) groups is 3. The van der Waals surface area contributed by atoms with E-state index in [9.17, 15) is 14.4 Å². The molecule has 0 saturated heterocycles. The zero-order valence-corrected chi connectivity index (χ0v) is 28.3. The van der Waals surface area contributed by atoms with E-state index in [0.29, 0.717) is 26.4 Å². The van der Waals surface area contributed by atoms with Gasteiger partial charge in [0.05, 0.1) is 32.1 Å². The summed E-state index contributed by atoms with van der Waals surface area (Å²) in [6.07, 6.45) is 12.6. The van der Waals surface area contributed by atoms with Crippen LogP contribution in [0.5, 0.6) is 11.5 Å². The third-order valence-corrected chi connectivity index (χ3v) is 7.68. The van der Waals surface area contributed by atoms with E-state index in [1.807, 2.05) is 73.7 Å². The molecule has 0 bridgehead atoms. The van der Waals surface area contributed by atoms with Crippen molar-refractivity contribution in [3.05, 3.63) is 115 Å². The predicted octanol–water partition coefficient (Wildman–Crippen LogP) is 8.63. The molecule has 0 unspecified atom stereocenters. The number of hydrogen-bond donors (Lipinski definition) is 0. The molecule has 0 spiro atoms. The first kappa shape index (κ1) is 37.6. The molecule has 3 aromatic rings. The monoisotopic (exact) mass is 669 g/mol. The average Bonchev–Trinajstić information content (AvgIpc) is 3.10. The summed E-state index contributed by atoms with van der Waals surface area (Å²) >= 11 is 1.17. The van der Waals surface area contributed by atoms with E-state index in [0.717, 1.165) is 83.4 Å². The summed E-state index contributed by atoms with van der Waals surface area (Å²) in [5.74, 6) is 0.764. The van der Waals surface area contributed by atoms with Gasteiger partial charge in [-0.25, -0.2) is 9.59 Å². The van der Waals surface area contributed by atoms with E-state index < -0.39 is 11.9 Å². The van der Waals surface area contributed by atoms with Crippen LogP contribution >= 0.6 is 11.8 Å². The first-order valence-electron chi connectivity index (χ1n) is 15.9. The van der Waals surface area contributed by atoms with Gasteiger partial charge in [0.2, 0.25) is 5.12 Å². The highest BCUT2D eigenvalue weighted by molar-refractivity contribution is 8.14. The molecule has 8 nitrogen and oxygen atoms in total. The minimum Gasteiger partial charge on any atom is -0.494 e. The van der Waals surface area contributed by atoms with E-state index in [-0.39, 0.29) is 5.12 Å². The number of rotatable bonds is 21. The molecule has 0 radical (unpaired) electrons. The Morgan fingerprint density at radius 1 is 0.688 bits per heavy atom. The van der Waals surface area contributed by atoms with Crippen molar-refractivity contribution in [2.45, 2.75) is 50.3 Å². The normalized spacial score (nSPS) is 10.9. The molecule has 0 fully saturated rings. The molecule has 48 heavy (non-hydrogen) atoms. The van der Waals surface area contributed by atoms with Crippen LogP contribution in [-0.2, 0) is 23.9 Å². The largest absolute Gasteiger partial charge is 0.494 e. The summed E-state index contributed by atoms with van der Waals surface area (Å²) in [7, 11) is 0.